The number of carbonyl (C=O) groups is 4. The van der Waals surface area contributed by atoms with Gasteiger partial charge in [-0.3, -0.25) is 19.7 Å². The van der Waals surface area contributed by atoms with Crippen LogP contribution in [0.15, 0.2) is 72.3 Å². The van der Waals surface area contributed by atoms with E-state index in [0.29, 0.717) is 40.7 Å². The van der Waals surface area contributed by atoms with Crippen molar-refractivity contribution < 1.29 is 33.4 Å². The van der Waals surface area contributed by atoms with E-state index in [0.717, 1.165) is 36.4 Å². The molecule has 0 radical (unpaired) electrons. The van der Waals surface area contributed by atoms with Gasteiger partial charge in [-0.15, -0.1) is 0 Å². The number of barbiturate groups is 1. The molecule has 3 aromatic carbocycles. The molecule has 2 saturated heterocycles. The summed E-state index contributed by atoms with van der Waals surface area (Å²) in [5.41, 5.74) is 2.14. The van der Waals surface area contributed by atoms with Crippen LogP contribution in [0, 0.1) is 0 Å². The van der Waals surface area contributed by atoms with Crippen molar-refractivity contribution in [1.82, 2.24) is 10.2 Å². The predicted octanol–water partition coefficient (Wildman–Crippen LogP) is 4.97. The quantitative estimate of drug-likeness (QED) is 0.280. The van der Waals surface area contributed by atoms with Crippen LogP contribution in [0.4, 0.5) is 10.5 Å². The summed E-state index contributed by atoms with van der Waals surface area (Å²) in [5.74, 6) is -0.0378. The highest BCUT2D eigenvalue weighted by Crippen LogP contribution is 2.31. The smallest absolute Gasteiger partial charge is 0.335 e. The number of carbonyl (C=O) groups excluding carboxylic acids is 4. The van der Waals surface area contributed by atoms with Gasteiger partial charge in [0.05, 0.1) is 19.4 Å². The van der Waals surface area contributed by atoms with E-state index in [-0.39, 0.29) is 18.1 Å². The number of nitrogens with one attached hydrogen (secondary N) is 1. The van der Waals surface area contributed by atoms with E-state index in [1.807, 2.05) is 36.1 Å². The van der Waals surface area contributed by atoms with E-state index in [2.05, 4.69) is 5.32 Å². The lowest BCUT2D eigenvalue weighted by molar-refractivity contribution is -0.122. The van der Waals surface area contributed by atoms with Crippen LogP contribution in [0.2, 0.25) is 0 Å². The SMILES string of the molecule is CCOc1ccc(N2C(=O)NC(=O)/C(=C\c3ccc(OCc4ccc(C(=O)N5CCCCC5)cc4)c(OC)c3)C2=O)cc1. The number of ether oxygens (including phenoxy) is 3. The number of urea groups is 1. The molecule has 0 unspecified atom stereocenters. The Morgan fingerprint density at radius 1 is 0.884 bits per heavy atom. The van der Waals surface area contributed by atoms with Crippen molar-refractivity contribution in [3.8, 4) is 17.2 Å². The van der Waals surface area contributed by atoms with Crippen LogP contribution in [0.3, 0.4) is 0 Å². The van der Waals surface area contributed by atoms with Crippen LogP contribution < -0.4 is 24.4 Å². The first-order valence-corrected chi connectivity index (χ1v) is 14.2. The van der Waals surface area contributed by atoms with Crippen LogP contribution in [0.25, 0.3) is 6.08 Å². The molecule has 1 N–H and O–H groups in total. The number of amides is 5. The Bertz CT molecular complexity index is 1540. The number of methoxy groups -OCH3 is 1. The number of benzene rings is 3. The lowest BCUT2D eigenvalue weighted by atomic mass is 10.1. The highest BCUT2D eigenvalue weighted by atomic mass is 16.5. The van der Waals surface area contributed by atoms with Crippen molar-refractivity contribution >= 4 is 35.5 Å². The third kappa shape index (κ3) is 6.69. The molecule has 0 bridgehead atoms. The summed E-state index contributed by atoms with van der Waals surface area (Å²) in [6.07, 6.45) is 4.65. The van der Waals surface area contributed by atoms with Crippen LogP contribution in [-0.4, -0.2) is 55.5 Å². The number of likely N-dealkylation sites (tertiary alicyclic amines) is 1. The molecule has 0 saturated carbocycles. The highest BCUT2D eigenvalue weighted by Gasteiger charge is 2.36. The van der Waals surface area contributed by atoms with Crippen molar-refractivity contribution in [2.75, 3.05) is 31.7 Å². The average Bonchev–Trinajstić information content (AvgIpc) is 3.03. The van der Waals surface area contributed by atoms with E-state index in [1.165, 1.54) is 19.6 Å². The zero-order chi connectivity index (χ0) is 30.3. The summed E-state index contributed by atoms with van der Waals surface area (Å²) < 4.78 is 16.9. The molecule has 10 nitrogen and oxygen atoms in total. The second-order valence-electron chi connectivity index (χ2n) is 10.1. The van der Waals surface area contributed by atoms with E-state index in [1.54, 1.807) is 42.5 Å². The summed E-state index contributed by atoms with van der Waals surface area (Å²) in [6, 6.07) is 18.0. The Labute approximate surface area is 249 Å². The zero-order valence-electron chi connectivity index (χ0n) is 24.1. The largest absolute Gasteiger partial charge is 0.494 e. The minimum absolute atomic E-state index is 0.0515. The minimum atomic E-state index is -0.832. The van der Waals surface area contributed by atoms with Gasteiger partial charge < -0.3 is 19.1 Å². The van der Waals surface area contributed by atoms with E-state index >= 15 is 0 Å². The molecule has 0 atom stereocenters. The second kappa shape index (κ2) is 13.2. The molecule has 0 aliphatic carbocycles. The van der Waals surface area contributed by atoms with Crippen LogP contribution >= 0.6 is 0 Å². The lowest BCUT2D eigenvalue weighted by Crippen LogP contribution is -2.54. The molecular formula is C33H33N3O7. The number of rotatable bonds is 9. The van der Waals surface area contributed by atoms with Gasteiger partial charge in [0.2, 0.25) is 0 Å². The Balaban J connectivity index is 1.28. The fourth-order valence-electron chi connectivity index (χ4n) is 4.99. The predicted molar refractivity (Wildman–Crippen MR) is 160 cm³/mol. The average molecular weight is 584 g/mol. The van der Waals surface area contributed by atoms with Gasteiger partial charge in [0.15, 0.2) is 11.5 Å². The third-order valence-electron chi connectivity index (χ3n) is 7.24. The topological polar surface area (TPSA) is 114 Å². The van der Waals surface area contributed by atoms with Crippen molar-refractivity contribution in [2.45, 2.75) is 32.8 Å². The molecule has 222 valence electrons. The fraction of sp³-hybridized carbons (Fsp3) is 0.273. The van der Waals surface area contributed by atoms with E-state index < -0.39 is 17.8 Å². The molecule has 2 fully saturated rings. The zero-order valence-corrected chi connectivity index (χ0v) is 24.1. The normalized spacial score (nSPS) is 16.2. The molecule has 3 aromatic rings. The summed E-state index contributed by atoms with van der Waals surface area (Å²) >= 11 is 0. The van der Waals surface area contributed by atoms with Gasteiger partial charge in [-0.2, -0.15) is 0 Å². The molecule has 2 aliphatic rings. The summed E-state index contributed by atoms with van der Waals surface area (Å²) in [7, 11) is 1.49. The van der Waals surface area contributed by atoms with E-state index in [9.17, 15) is 19.2 Å². The first-order valence-electron chi connectivity index (χ1n) is 14.2. The molecular weight excluding hydrogens is 550 g/mol. The molecule has 5 amide bonds. The number of piperidine rings is 1. The standard InChI is InChI=1S/C33H33N3O7/c1-3-42-26-14-12-25(13-15-26)36-32(39)27(30(37)34-33(36)40)19-23-9-16-28(29(20-23)41-2)43-21-22-7-10-24(11-8-22)31(38)35-17-5-4-6-18-35/h7-16,19-20H,3-6,17-18,21H2,1-2H3,(H,34,37,40)/b27-19+. The Kier molecular flexibility index (Phi) is 9.05. The molecule has 5 rings (SSSR count). The van der Waals surface area contributed by atoms with Gasteiger partial charge in [0.25, 0.3) is 17.7 Å². The number of nitrogens with zero attached hydrogens (tertiary/aromatic N) is 2. The van der Waals surface area contributed by atoms with Crippen molar-refractivity contribution in [3.63, 3.8) is 0 Å². The van der Waals surface area contributed by atoms with Crippen LogP contribution in [0.5, 0.6) is 17.2 Å². The summed E-state index contributed by atoms with van der Waals surface area (Å²) in [5, 5.41) is 2.22. The molecule has 2 aliphatic heterocycles. The fourth-order valence-corrected chi connectivity index (χ4v) is 4.99. The highest BCUT2D eigenvalue weighted by molar-refractivity contribution is 6.39. The van der Waals surface area contributed by atoms with Crippen LogP contribution in [0.1, 0.15) is 47.7 Å². The van der Waals surface area contributed by atoms with Crippen molar-refractivity contribution in [3.05, 3.63) is 89.0 Å². The monoisotopic (exact) mass is 583 g/mol. The maximum Gasteiger partial charge on any atom is 0.335 e. The molecule has 10 heteroatoms. The van der Waals surface area contributed by atoms with E-state index in [4.69, 9.17) is 14.2 Å². The van der Waals surface area contributed by atoms with Gasteiger partial charge in [0.1, 0.15) is 17.9 Å². The Morgan fingerprint density at radius 2 is 1.60 bits per heavy atom. The Morgan fingerprint density at radius 3 is 2.28 bits per heavy atom. The van der Waals surface area contributed by atoms with Gasteiger partial charge in [-0.25, -0.2) is 9.69 Å². The maximum atomic E-state index is 13.3. The molecule has 43 heavy (non-hydrogen) atoms. The maximum absolute atomic E-state index is 13.3. The summed E-state index contributed by atoms with van der Waals surface area (Å²) in [4.78, 5) is 54.0. The third-order valence-corrected chi connectivity index (χ3v) is 7.24. The van der Waals surface area contributed by atoms with Gasteiger partial charge in [0, 0.05) is 18.7 Å². The lowest BCUT2D eigenvalue weighted by Gasteiger charge is -2.26. The molecule has 2 heterocycles. The number of hydrogen-bond acceptors (Lipinski definition) is 7. The minimum Gasteiger partial charge on any atom is -0.494 e. The molecule has 0 aromatic heterocycles. The van der Waals surface area contributed by atoms with Gasteiger partial charge in [-0.1, -0.05) is 18.2 Å². The first kappa shape index (κ1) is 29.4. The molecule has 0 spiro atoms. The Hall–Kier alpha value is -5.12. The van der Waals surface area contributed by atoms with Crippen molar-refractivity contribution in [2.24, 2.45) is 0 Å². The van der Waals surface area contributed by atoms with Gasteiger partial charge in [-0.05, 0) is 91.9 Å². The van der Waals surface area contributed by atoms with Crippen LogP contribution in [-0.2, 0) is 16.2 Å². The first-order chi connectivity index (χ1) is 20.9. The number of imide groups is 2. The second-order valence-corrected chi connectivity index (χ2v) is 10.1. The number of hydrogen-bond donors (Lipinski definition) is 1. The summed E-state index contributed by atoms with van der Waals surface area (Å²) in [6.45, 7) is 4.17. The van der Waals surface area contributed by atoms with Gasteiger partial charge >= 0.3 is 6.03 Å². The van der Waals surface area contributed by atoms with Crippen molar-refractivity contribution in [1.29, 1.82) is 0 Å². The number of anilines is 1.